The van der Waals surface area contributed by atoms with Gasteiger partial charge in [0.15, 0.2) is 0 Å². The van der Waals surface area contributed by atoms with Gasteiger partial charge in [-0.15, -0.1) is 0 Å². The average Bonchev–Trinajstić information content (AvgIpc) is 3.04. The van der Waals surface area contributed by atoms with E-state index in [1.54, 1.807) is 0 Å². The molecule has 0 N–H and O–H groups in total. The Morgan fingerprint density at radius 1 is 0.933 bits per heavy atom. The molecule has 5 heteroatoms. The molecule has 0 aliphatic carbocycles. The van der Waals surface area contributed by atoms with Gasteiger partial charge in [0.05, 0.1) is 25.4 Å². The molecule has 86 valence electrons. The van der Waals surface area contributed by atoms with Gasteiger partial charge in [-0.3, -0.25) is 0 Å². The topological polar surface area (TPSA) is 43.5 Å². The van der Waals surface area contributed by atoms with Crippen LogP contribution in [0.2, 0.25) is 0 Å². The van der Waals surface area contributed by atoms with Gasteiger partial charge in [0.1, 0.15) is 0 Å². The van der Waals surface area contributed by atoms with Crippen LogP contribution in [0.5, 0.6) is 0 Å². The Morgan fingerprint density at radius 2 is 1.27 bits per heavy atom. The predicted molar refractivity (Wildman–Crippen MR) is 51.3 cm³/mol. The van der Waals surface area contributed by atoms with E-state index >= 15 is 0 Å². The van der Waals surface area contributed by atoms with Crippen LogP contribution in [-0.2, 0) is 18.9 Å². The van der Waals surface area contributed by atoms with Crippen molar-refractivity contribution in [2.45, 2.75) is 25.0 Å². The van der Waals surface area contributed by atoms with E-state index in [1.165, 1.54) is 0 Å². The van der Waals surface area contributed by atoms with Crippen molar-refractivity contribution in [3.63, 3.8) is 0 Å². The maximum atomic E-state index is 4.90. The fourth-order valence-electron chi connectivity index (χ4n) is 0.899. The molecule has 2 atom stereocenters. The Labute approximate surface area is 85.5 Å². The summed E-state index contributed by atoms with van der Waals surface area (Å²) < 4.78 is 18.9. The Morgan fingerprint density at radius 3 is 1.47 bits per heavy atom. The summed E-state index contributed by atoms with van der Waals surface area (Å²) in [6, 6.07) is 0. The second kappa shape index (κ2) is 8.17. The van der Waals surface area contributed by atoms with E-state index < -0.39 is 0 Å². The average molecular weight is 469 g/mol. The zero-order valence-corrected chi connectivity index (χ0v) is 15.6. The van der Waals surface area contributed by atoms with Crippen molar-refractivity contribution in [1.29, 1.82) is 0 Å². The zero-order chi connectivity index (χ0) is 10.2. The van der Waals surface area contributed by atoms with Gasteiger partial charge >= 0.3 is 0 Å². The van der Waals surface area contributed by atoms with Gasteiger partial charge in [-0.05, 0) is 12.8 Å². The first-order chi connectivity index (χ1) is 6.86. The second-order valence-electron chi connectivity index (χ2n) is 3.30. The van der Waals surface area contributed by atoms with Gasteiger partial charge in [-0.2, -0.15) is 0 Å². The molecule has 2 aliphatic heterocycles. The molecule has 2 unspecified atom stereocenters. The van der Waals surface area contributed by atoms with Gasteiger partial charge in [-0.1, -0.05) is 0 Å². The fourth-order valence-corrected chi connectivity index (χ4v) is 0.899. The minimum atomic E-state index is 0. The Balaban J connectivity index is 0.000000245. The molecule has 0 bridgehead atoms. The molecule has 0 amide bonds. The van der Waals surface area contributed by atoms with Crippen molar-refractivity contribution in [2.75, 3.05) is 26.4 Å². The molecule has 15 heavy (non-hydrogen) atoms. The smallest absolute Gasteiger partial charge is 0.0830 e. The van der Waals surface area contributed by atoms with Crippen LogP contribution in [-0.4, -0.2) is 38.6 Å². The molecule has 2 fully saturated rings. The second-order valence-corrected chi connectivity index (χ2v) is 3.30. The summed E-state index contributed by atoms with van der Waals surface area (Å²) in [5.74, 6) is 0. The van der Waals surface area contributed by atoms with Crippen LogP contribution in [0.4, 0.5) is 0 Å². The van der Waals surface area contributed by atoms with Crippen molar-refractivity contribution < 1.29 is 18.9 Å². The monoisotopic (exact) mass is 469 g/mol. The van der Waals surface area contributed by atoms with E-state index in [9.17, 15) is 0 Å². The maximum Gasteiger partial charge on any atom is 0.0830 e. The molecule has 2 aliphatic rings. The van der Waals surface area contributed by atoms with E-state index in [0.29, 0.717) is 12.2 Å². The van der Waals surface area contributed by atoms with Gasteiger partial charge in [-0.25, -0.2) is 14.2 Å². The molecule has 0 aromatic rings. The minimum absolute atomic E-state index is 0. The van der Waals surface area contributed by atoms with E-state index in [4.69, 9.17) is 9.47 Å². The molecule has 2 rings (SSSR count). The minimum Gasteiger partial charge on any atom is -0.555 e. The summed E-state index contributed by atoms with van der Waals surface area (Å²) in [6.45, 7) is 3.29. The summed E-state index contributed by atoms with van der Waals surface area (Å²) in [5, 5.41) is 0. The standard InChI is InChI=1S/2C5H9O2.Rf/c2*1-6-3-2-5-4-7-5;/h2*5H,1-4H2;/q2*-1;. The summed E-state index contributed by atoms with van der Waals surface area (Å²) in [5.41, 5.74) is 0. The molecule has 0 aromatic heterocycles. The third-order valence-electron chi connectivity index (χ3n) is 1.97. The number of epoxide rings is 2. The first-order valence-electron chi connectivity index (χ1n) is 4.84. The third kappa shape index (κ3) is 9.15. The molecule has 0 saturated carbocycles. The first kappa shape index (κ1) is 13.8. The van der Waals surface area contributed by atoms with Crippen LogP contribution < -0.4 is 0 Å². The van der Waals surface area contributed by atoms with Gasteiger partial charge in [0.25, 0.3) is 0 Å². The van der Waals surface area contributed by atoms with Crippen LogP contribution in [0.15, 0.2) is 0 Å². The van der Waals surface area contributed by atoms with Crippen molar-refractivity contribution in [2.24, 2.45) is 0 Å². The molecule has 2 saturated heterocycles. The Kier molecular flexibility index (Phi) is 7.54. The molecule has 4 nitrogen and oxygen atoms in total. The number of ether oxygens (including phenoxy) is 4. The maximum absolute atomic E-state index is 4.90. The fraction of sp³-hybridized carbons (Fsp3) is 0.800. The number of hydrogen-bond donors (Lipinski definition) is 0. The largest absolute Gasteiger partial charge is 0.555 e. The summed E-state index contributed by atoms with van der Waals surface area (Å²) in [6.07, 6.45) is 2.98. The van der Waals surface area contributed by atoms with Crippen LogP contribution in [0.3, 0.4) is 0 Å². The molecule has 0 spiro atoms. The van der Waals surface area contributed by atoms with Crippen LogP contribution >= 0.6 is 0 Å². The van der Waals surface area contributed by atoms with Crippen molar-refractivity contribution in [3.8, 4) is 0 Å². The van der Waals surface area contributed by atoms with Crippen molar-refractivity contribution >= 4 is 0 Å². The van der Waals surface area contributed by atoms with Crippen LogP contribution in [0.1, 0.15) is 12.8 Å². The van der Waals surface area contributed by atoms with E-state index in [-0.39, 0.29) is 0 Å². The van der Waals surface area contributed by atoms with E-state index in [2.05, 4.69) is 23.7 Å². The SMILES string of the molecule is [CH2-]OCCC1CO1.[CH2-]OCCC1CO1.[Rf]. The third-order valence-corrected chi connectivity index (χ3v) is 1.97. The van der Waals surface area contributed by atoms with Gasteiger partial charge in [0, 0.05) is 13.2 Å². The van der Waals surface area contributed by atoms with Gasteiger partial charge < -0.3 is 18.9 Å². The van der Waals surface area contributed by atoms with Gasteiger partial charge in [0.2, 0.25) is 0 Å². The molecular weight excluding hydrogens is 451 g/mol. The van der Waals surface area contributed by atoms with E-state index in [1.807, 2.05) is 0 Å². The van der Waals surface area contributed by atoms with Crippen molar-refractivity contribution in [1.82, 2.24) is 0 Å². The summed E-state index contributed by atoms with van der Waals surface area (Å²) in [4.78, 5) is 0. The Hall–Kier alpha value is -1.16. The quantitative estimate of drug-likeness (QED) is 0.433. The molecular formula is C10H18O4Rf-2. The van der Waals surface area contributed by atoms with Crippen molar-refractivity contribution in [3.05, 3.63) is 14.2 Å². The zero-order valence-electron chi connectivity index (χ0n) is 9.15. The number of rotatable bonds is 6. The predicted octanol–water partition coefficient (Wildman–Crippen LogP) is 1.17. The summed E-state index contributed by atoms with van der Waals surface area (Å²) in [7, 11) is 6.46. The molecule has 0 radical (unpaired) electrons. The number of hydrogen-bond acceptors (Lipinski definition) is 4. The molecule has 0 aromatic carbocycles. The summed E-state index contributed by atoms with van der Waals surface area (Å²) >= 11 is 0. The van der Waals surface area contributed by atoms with Crippen LogP contribution in [0.25, 0.3) is 0 Å². The Bertz CT molecular complexity index is 121. The first-order valence-corrected chi connectivity index (χ1v) is 4.84. The normalized spacial score (nSPS) is 26.0. The molecule has 2 heterocycles. The van der Waals surface area contributed by atoms with E-state index in [0.717, 1.165) is 39.3 Å². The van der Waals surface area contributed by atoms with Crippen LogP contribution in [0, 0.1) is 14.2 Å².